The van der Waals surface area contributed by atoms with E-state index in [-0.39, 0.29) is 30.4 Å². The average Bonchev–Trinajstić information content (AvgIpc) is 2.69. The molecule has 0 atom stereocenters. The van der Waals surface area contributed by atoms with Crippen LogP contribution in [0, 0.1) is 6.92 Å². The number of aryl methyl sites for hydroxylation is 1. The summed E-state index contributed by atoms with van der Waals surface area (Å²) in [5.74, 6) is -0.152. The number of amides is 2. The topological polar surface area (TPSA) is 61.4 Å². The van der Waals surface area contributed by atoms with Crippen molar-refractivity contribution in [2.75, 3.05) is 20.1 Å². The predicted molar refractivity (Wildman–Crippen MR) is 86.3 cm³/mol. The molecule has 6 heteroatoms. The average molecular weight is 311 g/mol. The van der Waals surface area contributed by atoms with Crippen LogP contribution < -0.4 is 10.6 Å². The first-order chi connectivity index (χ1) is 9.67. The molecule has 2 amide bonds. The van der Waals surface area contributed by atoms with Crippen molar-refractivity contribution in [3.05, 3.63) is 21.9 Å². The van der Waals surface area contributed by atoms with E-state index in [0.29, 0.717) is 6.54 Å². The highest BCUT2D eigenvalue weighted by molar-refractivity contribution is 7.10. The van der Waals surface area contributed by atoms with E-state index in [0.717, 1.165) is 4.88 Å². The Morgan fingerprint density at radius 2 is 1.86 bits per heavy atom. The van der Waals surface area contributed by atoms with Gasteiger partial charge in [0.2, 0.25) is 11.8 Å². The molecular formula is C15H25N3O2S. The fourth-order valence-corrected chi connectivity index (χ4v) is 2.67. The van der Waals surface area contributed by atoms with E-state index < -0.39 is 0 Å². The molecule has 0 aliphatic rings. The molecule has 0 aromatic carbocycles. The largest absolute Gasteiger partial charge is 0.350 e. The monoisotopic (exact) mass is 311 g/mol. The van der Waals surface area contributed by atoms with Gasteiger partial charge in [0.1, 0.15) is 0 Å². The predicted octanol–water partition coefficient (Wildman–Crippen LogP) is 1.52. The zero-order valence-corrected chi connectivity index (χ0v) is 14.3. The minimum atomic E-state index is -0.253. The third-order valence-corrected chi connectivity index (χ3v) is 3.78. The number of hydrogen-bond acceptors (Lipinski definition) is 4. The molecule has 2 N–H and O–H groups in total. The molecule has 21 heavy (non-hydrogen) atoms. The molecule has 0 unspecified atom stereocenters. The maximum Gasteiger partial charge on any atom is 0.234 e. The molecule has 0 aliphatic heterocycles. The number of thiophene rings is 1. The van der Waals surface area contributed by atoms with Crippen LogP contribution in [0.1, 0.15) is 31.2 Å². The van der Waals surface area contributed by atoms with E-state index in [4.69, 9.17) is 0 Å². The van der Waals surface area contributed by atoms with Crippen LogP contribution in [0.25, 0.3) is 0 Å². The highest BCUT2D eigenvalue weighted by atomic mass is 32.1. The standard InChI is InChI=1S/C15H25N3O2S/c1-11-6-7-21-12(11)8-16-13(19)9-18(5)10-14(20)17-15(2,3)4/h6-7H,8-10H2,1-5H3,(H,16,19)(H,17,20). The summed E-state index contributed by atoms with van der Waals surface area (Å²) in [5, 5.41) is 7.76. The molecule has 1 heterocycles. The van der Waals surface area contributed by atoms with Crippen LogP contribution in [-0.2, 0) is 16.1 Å². The Morgan fingerprint density at radius 3 is 2.38 bits per heavy atom. The van der Waals surface area contributed by atoms with Crippen LogP contribution in [0.4, 0.5) is 0 Å². The highest BCUT2D eigenvalue weighted by Crippen LogP contribution is 2.14. The summed E-state index contributed by atoms with van der Waals surface area (Å²) >= 11 is 1.63. The first kappa shape index (κ1) is 17.7. The number of carbonyl (C=O) groups is 2. The van der Waals surface area contributed by atoms with Gasteiger partial charge in [0.25, 0.3) is 0 Å². The molecule has 0 bridgehead atoms. The van der Waals surface area contributed by atoms with Gasteiger partial charge in [-0.05, 0) is 51.8 Å². The number of carbonyl (C=O) groups excluding carboxylic acids is 2. The SMILES string of the molecule is Cc1ccsc1CNC(=O)CN(C)CC(=O)NC(C)(C)C. The van der Waals surface area contributed by atoms with Crippen LogP contribution in [0.2, 0.25) is 0 Å². The van der Waals surface area contributed by atoms with Gasteiger partial charge in [-0.25, -0.2) is 0 Å². The second kappa shape index (κ2) is 7.56. The van der Waals surface area contributed by atoms with E-state index in [1.165, 1.54) is 5.56 Å². The maximum absolute atomic E-state index is 11.8. The van der Waals surface area contributed by atoms with Gasteiger partial charge in [0.15, 0.2) is 0 Å². The summed E-state index contributed by atoms with van der Waals surface area (Å²) < 4.78 is 0. The highest BCUT2D eigenvalue weighted by Gasteiger charge is 2.16. The van der Waals surface area contributed by atoms with E-state index >= 15 is 0 Å². The minimum Gasteiger partial charge on any atom is -0.350 e. The molecule has 118 valence electrons. The Labute approximate surface area is 130 Å². The van der Waals surface area contributed by atoms with Crippen molar-refractivity contribution in [1.82, 2.24) is 15.5 Å². The lowest BCUT2D eigenvalue weighted by Gasteiger charge is -2.23. The second-order valence-corrected chi connectivity index (χ2v) is 7.27. The van der Waals surface area contributed by atoms with Crippen molar-refractivity contribution in [2.24, 2.45) is 0 Å². The molecule has 0 aliphatic carbocycles. The lowest BCUT2D eigenvalue weighted by molar-refractivity contribution is -0.125. The van der Waals surface area contributed by atoms with Crippen molar-refractivity contribution < 1.29 is 9.59 Å². The zero-order chi connectivity index (χ0) is 16.0. The van der Waals surface area contributed by atoms with Crippen LogP contribution >= 0.6 is 11.3 Å². The first-order valence-electron chi connectivity index (χ1n) is 6.96. The van der Waals surface area contributed by atoms with Gasteiger partial charge in [-0.3, -0.25) is 14.5 Å². The van der Waals surface area contributed by atoms with Gasteiger partial charge in [-0.15, -0.1) is 11.3 Å². The van der Waals surface area contributed by atoms with Gasteiger partial charge in [0.05, 0.1) is 19.6 Å². The third-order valence-electron chi connectivity index (χ3n) is 2.76. The normalized spacial score (nSPS) is 11.5. The van der Waals surface area contributed by atoms with Gasteiger partial charge < -0.3 is 10.6 Å². The number of nitrogens with zero attached hydrogens (tertiary/aromatic N) is 1. The second-order valence-electron chi connectivity index (χ2n) is 6.27. The van der Waals surface area contributed by atoms with Crippen molar-refractivity contribution in [2.45, 2.75) is 39.8 Å². The fraction of sp³-hybridized carbons (Fsp3) is 0.600. The van der Waals surface area contributed by atoms with Crippen LogP contribution in [0.5, 0.6) is 0 Å². The number of rotatable bonds is 6. The van der Waals surface area contributed by atoms with Crippen LogP contribution in [0.3, 0.4) is 0 Å². The summed E-state index contributed by atoms with van der Waals surface area (Å²) in [6.07, 6.45) is 0. The van der Waals surface area contributed by atoms with Crippen molar-refractivity contribution >= 4 is 23.2 Å². The Bertz CT molecular complexity index is 491. The summed E-state index contributed by atoms with van der Waals surface area (Å²) in [6, 6.07) is 2.04. The Hall–Kier alpha value is -1.40. The molecule has 1 aromatic rings. The van der Waals surface area contributed by atoms with Gasteiger partial charge in [0, 0.05) is 10.4 Å². The molecule has 1 rings (SSSR count). The lowest BCUT2D eigenvalue weighted by atomic mass is 10.1. The summed E-state index contributed by atoms with van der Waals surface area (Å²) in [6.45, 7) is 8.79. The molecule has 0 fully saturated rings. The fourth-order valence-electron chi connectivity index (χ4n) is 1.82. The molecule has 0 spiro atoms. The molecule has 0 saturated carbocycles. The smallest absolute Gasteiger partial charge is 0.234 e. The van der Waals surface area contributed by atoms with Gasteiger partial charge in [-0.1, -0.05) is 0 Å². The Morgan fingerprint density at radius 1 is 1.24 bits per heavy atom. The number of likely N-dealkylation sites (N-methyl/N-ethyl adjacent to an activating group) is 1. The minimum absolute atomic E-state index is 0.0751. The molecule has 0 saturated heterocycles. The van der Waals surface area contributed by atoms with Gasteiger partial charge >= 0.3 is 0 Å². The number of hydrogen-bond donors (Lipinski definition) is 2. The van der Waals surface area contributed by atoms with Crippen LogP contribution in [0.15, 0.2) is 11.4 Å². The Balaban J connectivity index is 2.30. The Kier molecular flexibility index (Phi) is 6.36. The quantitative estimate of drug-likeness (QED) is 0.837. The lowest BCUT2D eigenvalue weighted by Crippen LogP contribution is -2.46. The van der Waals surface area contributed by atoms with Crippen molar-refractivity contribution in [3.63, 3.8) is 0 Å². The van der Waals surface area contributed by atoms with Gasteiger partial charge in [-0.2, -0.15) is 0 Å². The van der Waals surface area contributed by atoms with Crippen LogP contribution in [-0.4, -0.2) is 42.4 Å². The first-order valence-corrected chi connectivity index (χ1v) is 7.84. The molecule has 0 radical (unpaired) electrons. The van der Waals surface area contributed by atoms with Crippen molar-refractivity contribution in [1.29, 1.82) is 0 Å². The maximum atomic E-state index is 11.8. The van der Waals surface area contributed by atoms with Crippen molar-refractivity contribution in [3.8, 4) is 0 Å². The van der Waals surface area contributed by atoms with E-state index in [1.807, 2.05) is 39.1 Å². The zero-order valence-electron chi connectivity index (χ0n) is 13.4. The third kappa shape index (κ3) is 7.24. The summed E-state index contributed by atoms with van der Waals surface area (Å²) in [4.78, 5) is 26.5. The molecule has 5 nitrogen and oxygen atoms in total. The van der Waals surface area contributed by atoms with E-state index in [9.17, 15) is 9.59 Å². The van der Waals surface area contributed by atoms with E-state index in [1.54, 1.807) is 23.3 Å². The summed E-state index contributed by atoms with van der Waals surface area (Å²) in [7, 11) is 1.76. The summed E-state index contributed by atoms with van der Waals surface area (Å²) in [5.41, 5.74) is 0.940. The molecule has 1 aromatic heterocycles. The number of nitrogens with one attached hydrogen (secondary N) is 2. The van der Waals surface area contributed by atoms with E-state index in [2.05, 4.69) is 10.6 Å². The molecular weight excluding hydrogens is 286 g/mol.